The average molecular weight is 277 g/mol. The maximum atomic E-state index is 12.2. The largest absolute Gasteiger partial charge is 0.322 e. The van der Waals surface area contributed by atoms with Crippen molar-refractivity contribution in [3.05, 3.63) is 64.7 Å². The molecule has 0 fully saturated rings. The quantitative estimate of drug-likeness (QED) is 0.886. The molecule has 4 heteroatoms. The molecule has 0 unspecified atom stereocenters. The van der Waals surface area contributed by atoms with Gasteiger partial charge in [0.1, 0.15) is 0 Å². The van der Waals surface area contributed by atoms with Crippen molar-refractivity contribution in [1.82, 2.24) is 5.32 Å². The van der Waals surface area contributed by atoms with E-state index >= 15 is 0 Å². The van der Waals surface area contributed by atoms with Crippen molar-refractivity contribution >= 4 is 11.6 Å². The lowest BCUT2D eigenvalue weighted by Crippen LogP contribution is -2.23. The molecule has 2 aromatic carbocycles. The zero-order chi connectivity index (χ0) is 14.7. The Morgan fingerprint density at radius 3 is 2.71 bits per heavy atom. The van der Waals surface area contributed by atoms with Crippen LogP contribution >= 0.6 is 0 Å². The van der Waals surface area contributed by atoms with Crippen molar-refractivity contribution in [3.63, 3.8) is 0 Å². The fraction of sp³-hybridized carbons (Fsp3) is 0.176. The molecule has 2 N–H and O–H groups in total. The second-order valence-electron chi connectivity index (χ2n) is 5.05. The van der Waals surface area contributed by atoms with E-state index in [9.17, 15) is 4.79 Å². The van der Waals surface area contributed by atoms with Gasteiger partial charge >= 0.3 is 0 Å². The standard InChI is InChI=1S/C17H15N3O/c18-10-12-1-3-14(4-2-12)17(21)20-16-6-5-13-7-8-19-11-15(13)9-16/h1-6,9,19H,7-8,11H2,(H,20,21). The Balaban J connectivity index is 1.76. The van der Waals surface area contributed by atoms with Crippen LogP contribution in [0.5, 0.6) is 0 Å². The van der Waals surface area contributed by atoms with E-state index in [1.165, 1.54) is 11.1 Å². The average Bonchev–Trinajstić information content (AvgIpc) is 2.55. The zero-order valence-electron chi connectivity index (χ0n) is 11.5. The highest BCUT2D eigenvalue weighted by molar-refractivity contribution is 6.04. The van der Waals surface area contributed by atoms with Gasteiger partial charge in [-0.2, -0.15) is 5.26 Å². The molecule has 0 spiro atoms. The van der Waals surface area contributed by atoms with Crippen LogP contribution in [0.3, 0.4) is 0 Å². The number of nitrogens with one attached hydrogen (secondary N) is 2. The highest BCUT2D eigenvalue weighted by atomic mass is 16.1. The molecule has 0 bridgehead atoms. The van der Waals surface area contributed by atoms with Crippen LogP contribution in [0.2, 0.25) is 0 Å². The van der Waals surface area contributed by atoms with E-state index in [0.717, 1.165) is 25.2 Å². The summed E-state index contributed by atoms with van der Waals surface area (Å²) in [6.07, 6.45) is 1.03. The highest BCUT2D eigenvalue weighted by Gasteiger charge is 2.11. The van der Waals surface area contributed by atoms with Crippen LogP contribution in [0.15, 0.2) is 42.5 Å². The van der Waals surface area contributed by atoms with Gasteiger partial charge in [-0.15, -0.1) is 0 Å². The summed E-state index contributed by atoms with van der Waals surface area (Å²) in [5, 5.41) is 15.0. The molecule has 1 aliphatic heterocycles. The molecular weight excluding hydrogens is 262 g/mol. The number of rotatable bonds is 2. The molecule has 1 aliphatic rings. The van der Waals surface area contributed by atoms with Gasteiger partial charge in [0, 0.05) is 17.8 Å². The Bertz CT molecular complexity index is 714. The van der Waals surface area contributed by atoms with E-state index in [0.29, 0.717) is 11.1 Å². The molecule has 0 radical (unpaired) electrons. The van der Waals surface area contributed by atoms with Crippen LogP contribution in [0.4, 0.5) is 5.69 Å². The number of carbonyl (C=O) groups is 1. The van der Waals surface area contributed by atoms with Crippen molar-refractivity contribution in [2.45, 2.75) is 13.0 Å². The van der Waals surface area contributed by atoms with Crippen molar-refractivity contribution in [2.75, 3.05) is 11.9 Å². The number of nitrogens with zero attached hydrogens (tertiary/aromatic N) is 1. The first kappa shape index (κ1) is 13.3. The SMILES string of the molecule is N#Cc1ccc(C(=O)Nc2ccc3c(c2)CNCC3)cc1. The van der Waals surface area contributed by atoms with Gasteiger partial charge in [0.05, 0.1) is 11.6 Å². The number of fused-ring (bicyclic) bond motifs is 1. The second-order valence-corrected chi connectivity index (χ2v) is 5.05. The summed E-state index contributed by atoms with van der Waals surface area (Å²) >= 11 is 0. The first-order valence-corrected chi connectivity index (χ1v) is 6.90. The summed E-state index contributed by atoms with van der Waals surface area (Å²) in [4.78, 5) is 12.2. The Morgan fingerprint density at radius 2 is 1.95 bits per heavy atom. The van der Waals surface area contributed by atoms with Gasteiger partial charge in [0.2, 0.25) is 0 Å². The maximum absolute atomic E-state index is 12.2. The molecule has 0 aromatic heterocycles. The summed E-state index contributed by atoms with van der Waals surface area (Å²) in [5.74, 6) is -0.164. The Labute approximate surface area is 123 Å². The van der Waals surface area contributed by atoms with Crippen LogP contribution < -0.4 is 10.6 Å². The molecule has 0 saturated carbocycles. The lowest BCUT2D eigenvalue weighted by molar-refractivity contribution is 0.102. The van der Waals surface area contributed by atoms with Crippen LogP contribution in [0.25, 0.3) is 0 Å². The second kappa shape index (κ2) is 5.78. The first-order valence-electron chi connectivity index (χ1n) is 6.90. The van der Waals surface area contributed by atoms with E-state index in [1.54, 1.807) is 24.3 Å². The Kier molecular flexibility index (Phi) is 3.67. The number of hydrogen-bond acceptors (Lipinski definition) is 3. The predicted octanol–water partition coefficient (Wildman–Crippen LogP) is 2.46. The third kappa shape index (κ3) is 2.93. The topological polar surface area (TPSA) is 64.9 Å². The van der Waals surface area contributed by atoms with Crippen LogP contribution in [0.1, 0.15) is 27.0 Å². The normalized spacial score (nSPS) is 13.1. The van der Waals surface area contributed by atoms with E-state index in [1.807, 2.05) is 18.2 Å². The minimum atomic E-state index is -0.164. The summed E-state index contributed by atoms with van der Waals surface area (Å²) < 4.78 is 0. The van der Waals surface area contributed by atoms with Gasteiger partial charge in [-0.3, -0.25) is 4.79 Å². The molecule has 0 saturated heterocycles. The number of carbonyl (C=O) groups excluding carboxylic acids is 1. The number of nitriles is 1. The van der Waals surface area contributed by atoms with Gasteiger partial charge in [0.15, 0.2) is 0 Å². The van der Waals surface area contributed by atoms with Gasteiger partial charge in [-0.1, -0.05) is 6.07 Å². The van der Waals surface area contributed by atoms with Gasteiger partial charge in [-0.25, -0.2) is 0 Å². The monoisotopic (exact) mass is 277 g/mol. The van der Waals surface area contributed by atoms with Gasteiger partial charge in [-0.05, 0) is 60.5 Å². The number of amides is 1. The van der Waals surface area contributed by atoms with Crippen molar-refractivity contribution < 1.29 is 4.79 Å². The fourth-order valence-corrected chi connectivity index (χ4v) is 2.46. The van der Waals surface area contributed by atoms with Crippen molar-refractivity contribution in [3.8, 4) is 6.07 Å². The third-order valence-electron chi connectivity index (χ3n) is 3.63. The zero-order valence-corrected chi connectivity index (χ0v) is 11.5. The molecule has 1 amide bonds. The lowest BCUT2D eigenvalue weighted by atomic mass is 10.0. The first-order chi connectivity index (χ1) is 10.3. The summed E-state index contributed by atoms with van der Waals surface area (Å²) in [5.41, 5.74) is 4.46. The highest BCUT2D eigenvalue weighted by Crippen LogP contribution is 2.19. The molecule has 3 rings (SSSR count). The molecule has 1 heterocycles. The van der Waals surface area contributed by atoms with Crippen molar-refractivity contribution in [1.29, 1.82) is 5.26 Å². The van der Waals surface area contributed by atoms with Crippen molar-refractivity contribution in [2.24, 2.45) is 0 Å². The van der Waals surface area contributed by atoms with E-state index < -0.39 is 0 Å². The molecule has 0 aliphatic carbocycles. The van der Waals surface area contributed by atoms with Gasteiger partial charge in [0.25, 0.3) is 5.91 Å². The predicted molar refractivity (Wildman–Crippen MR) is 81.0 cm³/mol. The third-order valence-corrected chi connectivity index (χ3v) is 3.63. The number of anilines is 1. The minimum Gasteiger partial charge on any atom is -0.322 e. The molecule has 21 heavy (non-hydrogen) atoms. The molecule has 4 nitrogen and oxygen atoms in total. The molecular formula is C17H15N3O. The summed E-state index contributed by atoms with van der Waals surface area (Å²) in [6, 6.07) is 14.7. The minimum absolute atomic E-state index is 0.164. The molecule has 0 atom stereocenters. The van der Waals surface area contributed by atoms with Crippen LogP contribution in [0, 0.1) is 11.3 Å². The molecule has 104 valence electrons. The molecule has 2 aromatic rings. The Morgan fingerprint density at radius 1 is 1.14 bits per heavy atom. The van der Waals surface area contributed by atoms with Crippen LogP contribution in [-0.2, 0) is 13.0 Å². The van der Waals surface area contributed by atoms with E-state index in [2.05, 4.69) is 16.7 Å². The summed E-state index contributed by atoms with van der Waals surface area (Å²) in [7, 11) is 0. The Hall–Kier alpha value is -2.64. The smallest absolute Gasteiger partial charge is 0.255 e. The lowest BCUT2D eigenvalue weighted by Gasteiger charge is -2.18. The van der Waals surface area contributed by atoms with Crippen LogP contribution in [-0.4, -0.2) is 12.5 Å². The van der Waals surface area contributed by atoms with E-state index in [4.69, 9.17) is 5.26 Å². The number of benzene rings is 2. The summed E-state index contributed by atoms with van der Waals surface area (Å²) in [6.45, 7) is 1.85. The van der Waals surface area contributed by atoms with E-state index in [-0.39, 0.29) is 5.91 Å². The van der Waals surface area contributed by atoms with Gasteiger partial charge < -0.3 is 10.6 Å². The fourth-order valence-electron chi connectivity index (χ4n) is 2.46. The maximum Gasteiger partial charge on any atom is 0.255 e. The number of hydrogen-bond donors (Lipinski definition) is 2.